The zero-order valence-corrected chi connectivity index (χ0v) is 12.4. The molecule has 0 bridgehead atoms. The summed E-state index contributed by atoms with van der Waals surface area (Å²) >= 11 is 0. The third-order valence-corrected chi connectivity index (χ3v) is 4.47. The van der Waals surface area contributed by atoms with Crippen molar-refractivity contribution in [2.75, 3.05) is 6.61 Å². The Kier molecular flexibility index (Phi) is 4.09. The molecule has 2 saturated carbocycles. The molecule has 0 aromatic heterocycles. The Morgan fingerprint density at radius 3 is 2.37 bits per heavy atom. The van der Waals surface area contributed by atoms with Gasteiger partial charge in [-0.1, -0.05) is 0 Å². The molecule has 0 radical (unpaired) electrons. The number of rotatable bonds is 2. The summed E-state index contributed by atoms with van der Waals surface area (Å²) in [5, 5.41) is 12.1. The normalized spacial score (nSPS) is 34.7. The molecule has 19 heavy (non-hydrogen) atoms. The summed E-state index contributed by atoms with van der Waals surface area (Å²) in [5.74, 6) is 0.523. The van der Waals surface area contributed by atoms with Gasteiger partial charge in [0, 0.05) is 12.6 Å². The molecule has 110 valence electrons. The average Bonchev–Trinajstić information content (AvgIpc) is 2.24. The summed E-state index contributed by atoms with van der Waals surface area (Å²) in [7, 11) is 0. The third-order valence-electron chi connectivity index (χ3n) is 4.47. The molecule has 0 unspecified atom stereocenters. The average molecular weight is 269 g/mol. The van der Waals surface area contributed by atoms with Crippen molar-refractivity contribution >= 4 is 6.09 Å². The highest BCUT2D eigenvalue weighted by atomic mass is 16.6. The summed E-state index contributed by atoms with van der Waals surface area (Å²) < 4.78 is 5.28. The highest BCUT2D eigenvalue weighted by molar-refractivity contribution is 5.68. The Morgan fingerprint density at radius 2 is 1.89 bits per heavy atom. The van der Waals surface area contributed by atoms with Gasteiger partial charge in [-0.3, -0.25) is 0 Å². The summed E-state index contributed by atoms with van der Waals surface area (Å²) in [6, 6.07) is 0.258. The number of aliphatic hydroxyl groups is 1. The predicted octanol–water partition coefficient (Wildman–Crippen LogP) is 2.84. The Labute approximate surface area is 115 Å². The van der Waals surface area contributed by atoms with E-state index in [4.69, 9.17) is 9.84 Å². The molecule has 2 N–H and O–H groups in total. The number of carbonyl (C=O) groups is 1. The molecule has 2 fully saturated rings. The highest BCUT2D eigenvalue weighted by Gasteiger charge is 2.45. The van der Waals surface area contributed by atoms with Gasteiger partial charge in [-0.05, 0) is 70.6 Å². The molecule has 1 spiro atoms. The third kappa shape index (κ3) is 3.85. The van der Waals surface area contributed by atoms with Crippen molar-refractivity contribution in [3.63, 3.8) is 0 Å². The smallest absolute Gasteiger partial charge is 0.407 e. The maximum absolute atomic E-state index is 11.7. The molecule has 0 aromatic carbocycles. The van der Waals surface area contributed by atoms with Crippen molar-refractivity contribution in [2.45, 2.75) is 70.9 Å². The number of ether oxygens (including phenoxy) is 1. The van der Waals surface area contributed by atoms with Gasteiger partial charge in [-0.15, -0.1) is 0 Å². The number of hydrogen-bond acceptors (Lipinski definition) is 3. The van der Waals surface area contributed by atoms with E-state index >= 15 is 0 Å². The Bertz CT molecular complexity index is 319. The van der Waals surface area contributed by atoms with Crippen molar-refractivity contribution < 1.29 is 14.6 Å². The number of alkyl carbamates (subject to hydrolysis) is 1. The van der Waals surface area contributed by atoms with E-state index in [-0.39, 0.29) is 12.1 Å². The summed E-state index contributed by atoms with van der Waals surface area (Å²) in [6.45, 7) is 5.98. The van der Waals surface area contributed by atoms with E-state index in [0.29, 0.717) is 17.9 Å². The molecule has 0 heterocycles. The second-order valence-electron chi connectivity index (χ2n) is 7.38. The summed E-state index contributed by atoms with van der Waals surface area (Å²) in [4.78, 5) is 11.7. The largest absolute Gasteiger partial charge is 0.444 e. The van der Waals surface area contributed by atoms with Gasteiger partial charge in [-0.2, -0.15) is 0 Å². The van der Waals surface area contributed by atoms with Crippen LogP contribution < -0.4 is 5.32 Å². The predicted molar refractivity (Wildman–Crippen MR) is 73.9 cm³/mol. The molecule has 0 aromatic rings. The van der Waals surface area contributed by atoms with Gasteiger partial charge >= 0.3 is 6.09 Å². The SMILES string of the molecule is CC(C)(C)OC(=O)NC1CCC2(CC1)CC(CO)C2. The minimum atomic E-state index is -0.428. The van der Waals surface area contributed by atoms with E-state index in [0.717, 1.165) is 12.8 Å². The Balaban J connectivity index is 1.71. The molecular formula is C15H27NO3. The first kappa shape index (κ1) is 14.6. The van der Waals surface area contributed by atoms with E-state index in [1.54, 1.807) is 0 Å². The molecule has 0 atom stereocenters. The monoisotopic (exact) mass is 269 g/mol. The zero-order chi connectivity index (χ0) is 14.1. The van der Waals surface area contributed by atoms with Crippen molar-refractivity contribution in [1.82, 2.24) is 5.32 Å². The van der Waals surface area contributed by atoms with Crippen molar-refractivity contribution in [3.05, 3.63) is 0 Å². The van der Waals surface area contributed by atoms with Crippen molar-refractivity contribution in [3.8, 4) is 0 Å². The second-order valence-corrected chi connectivity index (χ2v) is 7.38. The topological polar surface area (TPSA) is 58.6 Å². The highest BCUT2D eigenvalue weighted by Crippen LogP contribution is 2.54. The van der Waals surface area contributed by atoms with Gasteiger partial charge in [0.25, 0.3) is 0 Å². The Hall–Kier alpha value is -0.770. The molecule has 2 aliphatic carbocycles. The lowest BCUT2D eigenvalue weighted by molar-refractivity contribution is -0.0204. The molecule has 0 saturated heterocycles. The first-order valence-electron chi connectivity index (χ1n) is 7.42. The van der Waals surface area contributed by atoms with Crippen LogP contribution in [0.15, 0.2) is 0 Å². The van der Waals surface area contributed by atoms with Crippen LogP contribution >= 0.6 is 0 Å². The number of amides is 1. The van der Waals surface area contributed by atoms with Crippen molar-refractivity contribution in [1.29, 1.82) is 0 Å². The van der Waals surface area contributed by atoms with E-state index < -0.39 is 5.60 Å². The lowest BCUT2D eigenvalue weighted by atomic mass is 9.55. The standard InChI is InChI=1S/C15H27NO3/c1-14(2,3)19-13(18)16-12-4-6-15(7-5-12)8-11(9-15)10-17/h11-12,17H,4-10H2,1-3H3,(H,16,18). The van der Waals surface area contributed by atoms with Crippen LogP contribution in [0.25, 0.3) is 0 Å². The van der Waals surface area contributed by atoms with Crippen LogP contribution in [0.3, 0.4) is 0 Å². The molecular weight excluding hydrogens is 242 g/mol. The minimum Gasteiger partial charge on any atom is -0.444 e. The molecule has 1 amide bonds. The fraction of sp³-hybridized carbons (Fsp3) is 0.933. The van der Waals surface area contributed by atoms with E-state index in [9.17, 15) is 4.79 Å². The summed E-state index contributed by atoms with van der Waals surface area (Å²) in [6.07, 6.45) is 6.46. The van der Waals surface area contributed by atoms with Crippen molar-refractivity contribution in [2.24, 2.45) is 11.3 Å². The van der Waals surface area contributed by atoms with Crippen LogP contribution in [0, 0.1) is 11.3 Å². The molecule has 2 rings (SSSR count). The van der Waals surface area contributed by atoms with Gasteiger partial charge in [0.2, 0.25) is 0 Å². The van der Waals surface area contributed by atoms with Gasteiger partial charge in [-0.25, -0.2) is 4.79 Å². The molecule has 4 nitrogen and oxygen atoms in total. The lowest BCUT2D eigenvalue weighted by Crippen LogP contribution is -2.47. The minimum absolute atomic E-state index is 0.258. The van der Waals surface area contributed by atoms with Gasteiger partial charge < -0.3 is 15.2 Å². The van der Waals surface area contributed by atoms with Crippen LogP contribution in [-0.2, 0) is 4.74 Å². The van der Waals surface area contributed by atoms with Crippen LogP contribution in [-0.4, -0.2) is 29.4 Å². The molecule has 2 aliphatic rings. The maximum Gasteiger partial charge on any atom is 0.407 e. The lowest BCUT2D eigenvalue weighted by Gasteiger charge is -2.51. The van der Waals surface area contributed by atoms with E-state index in [1.807, 2.05) is 20.8 Å². The van der Waals surface area contributed by atoms with Crippen LogP contribution in [0.4, 0.5) is 4.79 Å². The second kappa shape index (κ2) is 5.31. The van der Waals surface area contributed by atoms with Crippen LogP contribution in [0.2, 0.25) is 0 Å². The number of aliphatic hydroxyl groups excluding tert-OH is 1. The fourth-order valence-electron chi connectivity index (χ4n) is 3.55. The van der Waals surface area contributed by atoms with Crippen LogP contribution in [0.5, 0.6) is 0 Å². The number of hydrogen-bond donors (Lipinski definition) is 2. The first-order chi connectivity index (χ1) is 8.82. The number of nitrogens with one attached hydrogen (secondary N) is 1. The molecule has 0 aliphatic heterocycles. The quantitative estimate of drug-likeness (QED) is 0.810. The van der Waals surface area contributed by atoms with E-state index in [2.05, 4.69) is 5.32 Å². The van der Waals surface area contributed by atoms with Gasteiger partial charge in [0.15, 0.2) is 0 Å². The van der Waals surface area contributed by atoms with Crippen LogP contribution in [0.1, 0.15) is 59.3 Å². The maximum atomic E-state index is 11.7. The van der Waals surface area contributed by atoms with E-state index in [1.165, 1.54) is 25.7 Å². The first-order valence-corrected chi connectivity index (χ1v) is 7.42. The van der Waals surface area contributed by atoms with Gasteiger partial charge in [0.1, 0.15) is 5.60 Å². The zero-order valence-electron chi connectivity index (χ0n) is 12.4. The van der Waals surface area contributed by atoms with Gasteiger partial charge in [0.05, 0.1) is 0 Å². The molecule has 4 heteroatoms. The fourth-order valence-corrected chi connectivity index (χ4v) is 3.55. The number of carbonyl (C=O) groups excluding carboxylic acids is 1. The summed E-state index contributed by atoms with van der Waals surface area (Å²) in [5.41, 5.74) is 0.0435. The Morgan fingerprint density at radius 1 is 1.32 bits per heavy atom.